The van der Waals surface area contributed by atoms with Gasteiger partial charge in [0.05, 0.1) is 24.8 Å². The Balaban J connectivity index is 1.71. The van der Waals surface area contributed by atoms with Crippen LogP contribution in [0.25, 0.3) is 0 Å². The molecule has 2 aromatic rings. The first-order valence-corrected chi connectivity index (χ1v) is 6.44. The van der Waals surface area contributed by atoms with E-state index in [1.807, 2.05) is 30.5 Å². The third-order valence-electron chi connectivity index (χ3n) is 3.63. The van der Waals surface area contributed by atoms with Crippen LogP contribution in [0, 0.1) is 6.92 Å². The Bertz CT molecular complexity index is 535. The Morgan fingerprint density at radius 1 is 1.39 bits per heavy atom. The van der Waals surface area contributed by atoms with Crippen molar-refractivity contribution in [2.24, 2.45) is 7.05 Å². The van der Waals surface area contributed by atoms with Gasteiger partial charge < -0.3 is 9.88 Å². The topological polar surface area (TPSA) is 47.7 Å². The summed E-state index contributed by atoms with van der Waals surface area (Å²) in [6.07, 6.45) is 8.41. The van der Waals surface area contributed by atoms with E-state index in [0.29, 0.717) is 0 Å². The van der Waals surface area contributed by atoms with E-state index in [9.17, 15) is 0 Å². The van der Waals surface area contributed by atoms with Crippen LogP contribution in [0.2, 0.25) is 0 Å². The first-order chi connectivity index (χ1) is 8.74. The van der Waals surface area contributed by atoms with Crippen LogP contribution >= 0.6 is 0 Å². The van der Waals surface area contributed by atoms with Crippen molar-refractivity contribution in [3.63, 3.8) is 0 Å². The molecule has 2 heterocycles. The van der Waals surface area contributed by atoms with Crippen LogP contribution in [-0.4, -0.2) is 25.4 Å². The molecule has 0 spiro atoms. The van der Waals surface area contributed by atoms with Crippen LogP contribution in [0.5, 0.6) is 0 Å². The molecule has 3 rings (SSSR count). The maximum absolute atomic E-state index is 4.28. The number of imidazole rings is 1. The van der Waals surface area contributed by atoms with Crippen LogP contribution in [0.1, 0.15) is 29.8 Å². The summed E-state index contributed by atoms with van der Waals surface area (Å²) in [7, 11) is 1.97. The largest absolute Gasteiger partial charge is 0.329 e. The quantitative estimate of drug-likeness (QED) is 0.861. The fourth-order valence-corrected chi connectivity index (χ4v) is 2.06. The molecule has 5 heteroatoms. The minimum Gasteiger partial charge on any atom is -0.329 e. The van der Waals surface area contributed by atoms with Gasteiger partial charge in [0, 0.05) is 37.1 Å². The van der Waals surface area contributed by atoms with Crippen LogP contribution < -0.4 is 5.32 Å². The van der Waals surface area contributed by atoms with Gasteiger partial charge in [-0.05, 0) is 19.8 Å². The number of hydrogen-bond donors (Lipinski definition) is 1. The lowest BCUT2D eigenvalue weighted by atomic mass is 10.2. The summed E-state index contributed by atoms with van der Waals surface area (Å²) in [5.41, 5.74) is 3.71. The van der Waals surface area contributed by atoms with Crippen LogP contribution in [0.4, 0.5) is 0 Å². The summed E-state index contributed by atoms with van der Waals surface area (Å²) < 4.78 is 4.10. The Morgan fingerprint density at radius 3 is 2.89 bits per heavy atom. The van der Waals surface area contributed by atoms with E-state index in [4.69, 9.17) is 0 Å². The second-order valence-electron chi connectivity index (χ2n) is 5.05. The van der Waals surface area contributed by atoms with Crippen LogP contribution in [0.15, 0.2) is 18.7 Å². The molecule has 1 fully saturated rings. The molecule has 0 radical (unpaired) electrons. The molecule has 0 atom stereocenters. The molecular weight excluding hydrogens is 226 g/mol. The molecule has 1 aliphatic rings. The van der Waals surface area contributed by atoms with Crippen molar-refractivity contribution in [1.82, 2.24) is 24.6 Å². The van der Waals surface area contributed by atoms with Crippen molar-refractivity contribution in [2.75, 3.05) is 0 Å². The molecule has 0 amide bonds. The molecule has 1 aliphatic carbocycles. The average Bonchev–Trinajstić information content (AvgIpc) is 3.02. The molecule has 1 N–H and O–H groups in total. The van der Waals surface area contributed by atoms with Gasteiger partial charge in [0.25, 0.3) is 0 Å². The number of rotatable bonds is 5. The molecule has 0 saturated heterocycles. The first kappa shape index (κ1) is 11.5. The van der Waals surface area contributed by atoms with Gasteiger partial charge in [-0.2, -0.15) is 5.10 Å². The lowest BCUT2D eigenvalue weighted by Gasteiger charge is -2.08. The minimum atomic E-state index is 0.730. The molecule has 0 unspecified atom stereocenters. The van der Waals surface area contributed by atoms with Gasteiger partial charge in [0.1, 0.15) is 0 Å². The second-order valence-corrected chi connectivity index (χ2v) is 5.05. The zero-order chi connectivity index (χ0) is 12.5. The molecule has 2 aromatic heterocycles. The van der Waals surface area contributed by atoms with Gasteiger partial charge in [-0.1, -0.05) is 0 Å². The number of hydrogen-bond acceptors (Lipinski definition) is 3. The zero-order valence-electron chi connectivity index (χ0n) is 10.9. The van der Waals surface area contributed by atoms with Gasteiger partial charge in [-0.3, -0.25) is 4.68 Å². The lowest BCUT2D eigenvalue weighted by Crippen LogP contribution is -2.18. The minimum absolute atomic E-state index is 0.730. The van der Waals surface area contributed by atoms with Crippen molar-refractivity contribution < 1.29 is 0 Å². The van der Waals surface area contributed by atoms with E-state index in [1.165, 1.54) is 29.8 Å². The van der Waals surface area contributed by atoms with Crippen molar-refractivity contribution in [2.45, 2.75) is 38.9 Å². The molecule has 5 nitrogen and oxygen atoms in total. The summed E-state index contributed by atoms with van der Waals surface area (Å²) in [6, 6.07) is 0.730. The first-order valence-electron chi connectivity index (χ1n) is 6.44. The van der Waals surface area contributed by atoms with Crippen LogP contribution in [0.3, 0.4) is 0 Å². The number of nitrogens with one attached hydrogen (secondary N) is 1. The van der Waals surface area contributed by atoms with E-state index in [0.717, 1.165) is 19.1 Å². The highest BCUT2D eigenvalue weighted by molar-refractivity contribution is 5.17. The number of aromatic nitrogens is 4. The van der Waals surface area contributed by atoms with E-state index < -0.39 is 0 Å². The standard InChI is InChI=1S/C13H19N5/c1-10-11(5-16-17(10)2)8-18-9-14-6-13(18)7-15-12-3-4-12/h5-6,9,12,15H,3-4,7-8H2,1-2H3. The smallest absolute Gasteiger partial charge is 0.0951 e. The highest BCUT2D eigenvalue weighted by Gasteiger charge is 2.20. The predicted molar refractivity (Wildman–Crippen MR) is 69.1 cm³/mol. The molecule has 0 aliphatic heterocycles. The Labute approximate surface area is 107 Å². The third kappa shape index (κ3) is 2.31. The van der Waals surface area contributed by atoms with E-state index >= 15 is 0 Å². The average molecular weight is 245 g/mol. The van der Waals surface area contributed by atoms with Crippen molar-refractivity contribution in [3.05, 3.63) is 35.7 Å². The third-order valence-corrected chi connectivity index (χ3v) is 3.63. The molecule has 18 heavy (non-hydrogen) atoms. The zero-order valence-corrected chi connectivity index (χ0v) is 10.9. The van der Waals surface area contributed by atoms with Gasteiger partial charge in [-0.15, -0.1) is 0 Å². The summed E-state index contributed by atoms with van der Waals surface area (Å²) in [5, 5.41) is 7.80. The Hall–Kier alpha value is -1.62. The fourth-order valence-electron chi connectivity index (χ4n) is 2.06. The molecular formula is C13H19N5. The molecule has 0 bridgehead atoms. The van der Waals surface area contributed by atoms with Crippen molar-refractivity contribution in [3.8, 4) is 0 Å². The van der Waals surface area contributed by atoms with Gasteiger partial charge >= 0.3 is 0 Å². The highest BCUT2D eigenvalue weighted by Crippen LogP contribution is 2.19. The Kier molecular flexibility index (Phi) is 2.91. The monoisotopic (exact) mass is 245 g/mol. The number of nitrogens with zero attached hydrogens (tertiary/aromatic N) is 4. The van der Waals surface area contributed by atoms with Gasteiger partial charge in [0.15, 0.2) is 0 Å². The SMILES string of the molecule is Cc1c(Cn2cncc2CNC2CC2)cnn1C. The number of aryl methyl sites for hydroxylation is 1. The van der Waals surface area contributed by atoms with Crippen molar-refractivity contribution >= 4 is 0 Å². The van der Waals surface area contributed by atoms with E-state index in [-0.39, 0.29) is 0 Å². The lowest BCUT2D eigenvalue weighted by molar-refractivity contribution is 0.633. The van der Waals surface area contributed by atoms with Gasteiger partial charge in [0.2, 0.25) is 0 Å². The van der Waals surface area contributed by atoms with E-state index in [2.05, 4.69) is 26.9 Å². The summed E-state index contributed by atoms with van der Waals surface area (Å²) in [5.74, 6) is 0. The fraction of sp³-hybridized carbons (Fsp3) is 0.538. The summed E-state index contributed by atoms with van der Waals surface area (Å²) in [4.78, 5) is 4.25. The molecule has 0 aromatic carbocycles. The highest BCUT2D eigenvalue weighted by atomic mass is 15.3. The summed E-state index contributed by atoms with van der Waals surface area (Å²) >= 11 is 0. The van der Waals surface area contributed by atoms with Gasteiger partial charge in [-0.25, -0.2) is 4.98 Å². The molecule has 1 saturated carbocycles. The molecule has 96 valence electrons. The summed E-state index contributed by atoms with van der Waals surface area (Å²) in [6.45, 7) is 3.85. The van der Waals surface area contributed by atoms with E-state index in [1.54, 1.807) is 0 Å². The normalized spacial score (nSPS) is 15.2. The maximum atomic E-state index is 4.28. The predicted octanol–water partition coefficient (Wildman–Crippen LogP) is 1.23. The van der Waals surface area contributed by atoms with Crippen LogP contribution in [-0.2, 0) is 20.1 Å². The van der Waals surface area contributed by atoms with Crippen molar-refractivity contribution in [1.29, 1.82) is 0 Å². The second kappa shape index (κ2) is 4.57. The maximum Gasteiger partial charge on any atom is 0.0951 e. The Morgan fingerprint density at radius 2 is 2.22 bits per heavy atom.